The number of carbonyl (C=O) groups is 1. The molecule has 0 saturated carbocycles. The number of carbonyl (C=O) groups excluding carboxylic acids is 1. The van der Waals surface area contributed by atoms with E-state index in [-0.39, 0.29) is 27.9 Å². The van der Waals surface area contributed by atoms with Gasteiger partial charge in [-0.3, -0.25) is 4.79 Å². The Morgan fingerprint density at radius 1 is 1.13 bits per heavy atom. The fourth-order valence-electron chi connectivity index (χ4n) is 4.13. The van der Waals surface area contributed by atoms with Crippen molar-refractivity contribution < 1.29 is 27.4 Å². The quantitative estimate of drug-likeness (QED) is 0.472. The van der Waals surface area contributed by atoms with Crippen molar-refractivity contribution in [3.05, 3.63) is 58.9 Å². The SMILES string of the molecule is CN1CCN(c2cc(NC(=O)c3ccc(Cl)c(Oc4ncnc5c4OCCN5)c3)cc(C(F)(F)F)c2)CC1. The van der Waals surface area contributed by atoms with Crippen LogP contribution in [-0.4, -0.2) is 67.2 Å². The highest BCUT2D eigenvalue weighted by Gasteiger charge is 2.32. The lowest BCUT2D eigenvalue weighted by atomic mass is 10.1. The van der Waals surface area contributed by atoms with Gasteiger partial charge in [-0.1, -0.05) is 11.6 Å². The Morgan fingerprint density at radius 2 is 1.92 bits per heavy atom. The smallest absolute Gasteiger partial charge is 0.416 e. The predicted octanol–water partition coefficient (Wildman–Crippen LogP) is 4.75. The van der Waals surface area contributed by atoms with Crippen LogP contribution in [0.3, 0.4) is 0 Å². The predicted molar refractivity (Wildman–Crippen MR) is 137 cm³/mol. The van der Waals surface area contributed by atoms with E-state index in [4.69, 9.17) is 21.1 Å². The van der Waals surface area contributed by atoms with E-state index in [0.717, 1.165) is 25.2 Å². The molecule has 3 heterocycles. The van der Waals surface area contributed by atoms with Gasteiger partial charge in [-0.15, -0.1) is 0 Å². The van der Waals surface area contributed by atoms with E-state index in [0.29, 0.717) is 43.5 Å². The fraction of sp³-hybridized carbons (Fsp3) is 0.320. The van der Waals surface area contributed by atoms with Crippen molar-refractivity contribution in [3.8, 4) is 17.4 Å². The maximum atomic E-state index is 13.7. The van der Waals surface area contributed by atoms with Gasteiger partial charge in [0, 0.05) is 43.1 Å². The third-order valence-electron chi connectivity index (χ3n) is 6.18. The maximum Gasteiger partial charge on any atom is 0.416 e. The summed E-state index contributed by atoms with van der Waals surface area (Å²) in [6, 6.07) is 7.87. The average Bonchev–Trinajstić information content (AvgIpc) is 2.90. The van der Waals surface area contributed by atoms with E-state index in [2.05, 4.69) is 25.5 Å². The van der Waals surface area contributed by atoms with E-state index in [1.54, 1.807) is 6.07 Å². The van der Waals surface area contributed by atoms with Gasteiger partial charge in [0.1, 0.15) is 18.7 Å². The molecule has 0 spiro atoms. The van der Waals surface area contributed by atoms with Crippen LogP contribution in [0.25, 0.3) is 0 Å². The van der Waals surface area contributed by atoms with Gasteiger partial charge in [-0.25, -0.2) is 4.98 Å². The van der Waals surface area contributed by atoms with Crippen molar-refractivity contribution in [2.45, 2.75) is 6.18 Å². The number of hydrogen-bond acceptors (Lipinski definition) is 8. The number of halogens is 4. The number of hydrogen-bond donors (Lipinski definition) is 2. The Kier molecular flexibility index (Phi) is 7.17. The molecule has 0 atom stereocenters. The van der Waals surface area contributed by atoms with Gasteiger partial charge in [-0.05, 0) is 43.4 Å². The van der Waals surface area contributed by atoms with Gasteiger partial charge in [0.25, 0.3) is 11.8 Å². The van der Waals surface area contributed by atoms with E-state index >= 15 is 0 Å². The fourth-order valence-corrected chi connectivity index (χ4v) is 4.29. The first-order valence-electron chi connectivity index (χ1n) is 11.8. The van der Waals surface area contributed by atoms with Gasteiger partial charge < -0.3 is 29.9 Å². The zero-order valence-corrected chi connectivity index (χ0v) is 21.1. The van der Waals surface area contributed by atoms with Gasteiger partial charge in [0.05, 0.1) is 17.1 Å². The number of aromatic nitrogens is 2. The second-order valence-corrected chi connectivity index (χ2v) is 9.30. The van der Waals surface area contributed by atoms with E-state index in [1.165, 1.54) is 24.5 Å². The monoisotopic (exact) mass is 548 g/mol. The number of likely N-dealkylation sites (N-methyl/N-ethyl adjacent to an activating group) is 1. The van der Waals surface area contributed by atoms with Crippen LogP contribution in [0, 0.1) is 0 Å². The number of benzene rings is 2. The van der Waals surface area contributed by atoms with E-state index in [9.17, 15) is 18.0 Å². The summed E-state index contributed by atoms with van der Waals surface area (Å²) < 4.78 is 52.4. The van der Waals surface area contributed by atoms with Crippen molar-refractivity contribution in [2.75, 3.05) is 61.9 Å². The summed E-state index contributed by atoms with van der Waals surface area (Å²) in [7, 11) is 1.96. The largest absolute Gasteiger partial charge is 0.483 e. The van der Waals surface area contributed by atoms with Crippen LogP contribution >= 0.6 is 11.6 Å². The third-order valence-corrected chi connectivity index (χ3v) is 6.50. The second-order valence-electron chi connectivity index (χ2n) is 8.89. The molecule has 2 N–H and O–H groups in total. The second kappa shape index (κ2) is 10.5. The summed E-state index contributed by atoms with van der Waals surface area (Å²) in [6.07, 6.45) is -3.27. The molecule has 0 aliphatic carbocycles. The summed E-state index contributed by atoms with van der Waals surface area (Å²) in [4.78, 5) is 25.2. The Balaban J connectivity index is 1.39. The van der Waals surface area contributed by atoms with Gasteiger partial charge in [-0.2, -0.15) is 18.2 Å². The standard InChI is InChI=1S/C25H24ClF3N6O3/c1-34-5-7-35(8-6-34)18-12-16(25(27,28)29)11-17(13-18)33-23(36)15-2-3-19(26)20(10-15)38-24-21-22(31-14-32-24)30-4-9-37-21/h2-3,10-14H,4-9H2,1H3,(H,33,36)(H,30,31,32). The number of anilines is 3. The van der Waals surface area contributed by atoms with Gasteiger partial charge in [0.2, 0.25) is 5.75 Å². The van der Waals surface area contributed by atoms with Crippen LogP contribution in [0.15, 0.2) is 42.7 Å². The number of rotatable bonds is 5. The molecule has 1 fully saturated rings. The minimum absolute atomic E-state index is 0.0283. The Labute approximate surface area is 221 Å². The summed E-state index contributed by atoms with van der Waals surface area (Å²) in [6.45, 7) is 3.57. The molecule has 1 aromatic heterocycles. The molecule has 9 nitrogen and oxygen atoms in total. The van der Waals surface area contributed by atoms with Gasteiger partial charge in [0.15, 0.2) is 5.82 Å². The first kappa shape index (κ1) is 25.9. The number of ether oxygens (including phenoxy) is 2. The number of alkyl halides is 3. The lowest BCUT2D eigenvalue weighted by Crippen LogP contribution is -2.44. The highest BCUT2D eigenvalue weighted by atomic mass is 35.5. The van der Waals surface area contributed by atoms with Crippen molar-refractivity contribution in [3.63, 3.8) is 0 Å². The molecule has 13 heteroatoms. The molecule has 38 heavy (non-hydrogen) atoms. The third kappa shape index (κ3) is 5.70. The minimum Gasteiger partial charge on any atom is -0.483 e. The Hall–Kier alpha value is -3.77. The molecule has 2 aromatic carbocycles. The highest BCUT2D eigenvalue weighted by molar-refractivity contribution is 6.32. The molecule has 0 bridgehead atoms. The minimum atomic E-state index is -4.57. The van der Waals surface area contributed by atoms with Crippen molar-refractivity contribution in [2.24, 2.45) is 0 Å². The molecule has 2 aliphatic rings. The van der Waals surface area contributed by atoms with Crippen molar-refractivity contribution in [1.29, 1.82) is 0 Å². The lowest BCUT2D eigenvalue weighted by molar-refractivity contribution is -0.137. The normalized spacial score (nSPS) is 15.8. The molecule has 0 unspecified atom stereocenters. The molecule has 5 rings (SSSR count). The zero-order valence-electron chi connectivity index (χ0n) is 20.3. The first-order valence-corrected chi connectivity index (χ1v) is 12.2. The number of nitrogens with one attached hydrogen (secondary N) is 2. The molecule has 2 aliphatic heterocycles. The summed E-state index contributed by atoms with van der Waals surface area (Å²) in [5, 5.41) is 5.85. The molecule has 0 radical (unpaired) electrons. The molecular weight excluding hydrogens is 525 g/mol. The first-order chi connectivity index (χ1) is 18.2. The van der Waals surface area contributed by atoms with Crippen LogP contribution in [-0.2, 0) is 6.18 Å². The number of nitrogens with zero attached hydrogens (tertiary/aromatic N) is 4. The molecule has 1 saturated heterocycles. The summed E-state index contributed by atoms with van der Waals surface area (Å²) >= 11 is 6.29. The maximum absolute atomic E-state index is 13.7. The number of piperazine rings is 1. The topological polar surface area (TPSA) is 91.9 Å². The number of fused-ring (bicyclic) bond motifs is 1. The zero-order chi connectivity index (χ0) is 26.9. The molecule has 1 amide bonds. The Bertz CT molecular complexity index is 1350. The lowest BCUT2D eigenvalue weighted by Gasteiger charge is -2.34. The highest BCUT2D eigenvalue weighted by Crippen LogP contribution is 2.39. The van der Waals surface area contributed by atoms with Crippen molar-refractivity contribution >= 4 is 34.7 Å². The molecular formula is C25H24ClF3N6O3. The van der Waals surface area contributed by atoms with E-state index in [1.807, 2.05) is 11.9 Å². The van der Waals surface area contributed by atoms with Crippen LogP contribution in [0.2, 0.25) is 5.02 Å². The number of amides is 1. The van der Waals surface area contributed by atoms with Crippen LogP contribution in [0.4, 0.5) is 30.4 Å². The summed E-state index contributed by atoms with van der Waals surface area (Å²) in [5.41, 5.74) is -0.289. The molecule has 200 valence electrons. The van der Waals surface area contributed by atoms with Crippen LogP contribution < -0.4 is 25.0 Å². The summed E-state index contributed by atoms with van der Waals surface area (Å²) in [5.74, 6) is 0.378. The van der Waals surface area contributed by atoms with Crippen LogP contribution in [0.5, 0.6) is 17.4 Å². The molecule has 3 aromatic rings. The Morgan fingerprint density at radius 3 is 2.68 bits per heavy atom. The van der Waals surface area contributed by atoms with Crippen molar-refractivity contribution in [1.82, 2.24) is 14.9 Å². The van der Waals surface area contributed by atoms with E-state index < -0.39 is 17.6 Å². The van der Waals surface area contributed by atoms with Gasteiger partial charge >= 0.3 is 6.18 Å². The van der Waals surface area contributed by atoms with Crippen LogP contribution in [0.1, 0.15) is 15.9 Å². The average molecular weight is 549 g/mol.